The highest BCUT2D eigenvalue weighted by Crippen LogP contribution is 2.40. The molecule has 0 aliphatic carbocycles. The minimum Gasteiger partial charge on any atom is -0.350 e. The van der Waals surface area contributed by atoms with Crippen molar-refractivity contribution in [3.63, 3.8) is 0 Å². The average molecular weight is 470 g/mol. The minimum absolute atomic E-state index is 0.130. The number of carbonyl (C=O) groups excluding carboxylic acids is 3. The van der Waals surface area contributed by atoms with Gasteiger partial charge in [-0.3, -0.25) is 34.4 Å². The Morgan fingerprint density at radius 1 is 0.914 bits per heavy atom. The van der Waals surface area contributed by atoms with Gasteiger partial charge in [-0.2, -0.15) is 0 Å². The summed E-state index contributed by atoms with van der Waals surface area (Å²) in [6.07, 6.45) is 3.29. The molecule has 2 amide bonds. The molecule has 9 heteroatoms. The van der Waals surface area contributed by atoms with Crippen molar-refractivity contribution in [2.24, 2.45) is 12.5 Å². The predicted octanol–water partition coefficient (Wildman–Crippen LogP) is 4.29. The molecule has 0 saturated heterocycles. The number of fused-ring (bicyclic) bond motifs is 2. The van der Waals surface area contributed by atoms with E-state index in [1.165, 1.54) is 29.0 Å². The molecular weight excluding hydrogens is 448 g/mol. The lowest BCUT2D eigenvalue weighted by Gasteiger charge is -2.17. The number of nitro groups is 1. The molecule has 0 saturated carbocycles. The van der Waals surface area contributed by atoms with Gasteiger partial charge < -0.3 is 4.57 Å². The fraction of sp³-hybridized carbons (Fsp3) is 0.192. The Kier molecular flexibility index (Phi) is 4.77. The molecule has 2 aromatic carbocycles. The van der Waals surface area contributed by atoms with Gasteiger partial charge in [-0.15, -0.1) is 0 Å². The molecule has 0 bridgehead atoms. The Balaban J connectivity index is 1.87. The summed E-state index contributed by atoms with van der Waals surface area (Å²) in [5.74, 6) is -1.42. The Bertz CT molecular complexity index is 1650. The highest BCUT2D eigenvalue weighted by atomic mass is 16.6. The van der Waals surface area contributed by atoms with Crippen LogP contribution in [-0.2, 0) is 16.6 Å². The average Bonchev–Trinajstić information content (AvgIpc) is 3.42. The van der Waals surface area contributed by atoms with Crippen molar-refractivity contribution in [2.45, 2.75) is 20.8 Å². The normalized spacial score (nSPS) is 14.3. The second-order valence-electron chi connectivity index (χ2n) is 9.63. The van der Waals surface area contributed by atoms with Crippen molar-refractivity contribution in [1.29, 1.82) is 0 Å². The van der Waals surface area contributed by atoms with E-state index in [1.807, 2.05) is 35.9 Å². The number of nitro benzene ring substituents is 1. The zero-order valence-corrected chi connectivity index (χ0v) is 19.6. The summed E-state index contributed by atoms with van der Waals surface area (Å²) in [7, 11) is 1.85. The number of benzene rings is 2. The number of aromatic nitrogens is 2. The summed E-state index contributed by atoms with van der Waals surface area (Å²) in [5, 5.41) is 15.1. The first-order chi connectivity index (χ1) is 16.5. The summed E-state index contributed by atoms with van der Waals surface area (Å²) in [4.78, 5) is 50.3. The standard InChI is InChI=1S/C26H22N4O5/c1-26(2,3)25(33)29-13-18(16-10-9-14(30(34)35)11-20(16)29)22-21(23(31)27-24(22)32)17-12-28(4)19-8-6-5-7-15(17)19/h5-13H,1-4H3,(H,27,31,32). The van der Waals surface area contributed by atoms with Gasteiger partial charge in [0.2, 0.25) is 5.91 Å². The fourth-order valence-electron chi connectivity index (χ4n) is 4.57. The van der Waals surface area contributed by atoms with Gasteiger partial charge in [0.1, 0.15) is 0 Å². The molecule has 4 aromatic rings. The number of non-ortho nitro benzene ring substituents is 1. The third-order valence-electron chi connectivity index (χ3n) is 6.23. The van der Waals surface area contributed by atoms with Crippen LogP contribution in [0.3, 0.4) is 0 Å². The molecule has 0 radical (unpaired) electrons. The van der Waals surface area contributed by atoms with Crippen LogP contribution in [0, 0.1) is 15.5 Å². The number of amides is 2. The van der Waals surface area contributed by atoms with E-state index in [9.17, 15) is 24.5 Å². The lowest BCUT2D eigenvalue weighted by molar-refractivity contribution is -0.384. The van der Waals surface area contributed by atoms with Gasteiger partial charge in [-0.1, -0.05) is 39.0 Å². The highest BCUT2D eigenvalue weighted by Gasteiger charge is 2.36. The first-order valence-electron chi connectivity index (χ1n) is 11.0. The zero-order chi connectivity index (χ0) is 25.2. The van der Waals surface area contributed by atoms with Crippen LogP contribution >= 0.6 is 0 Å². The Hall–Kier alpha value is -4.53. The number of aryl methyl sites for hydroxylation is 1. The number of rotatable bonds is 3. The lowest BCUT2D eigenvalue weighted by Crippen LogP contribution is -2.26. The van der Waals surface area contributed by atoms with Gasteiger partial charge in [-0.25, -0.2) is 0 Å². The Labute approximate surface area is 199 Å². The van der Waals surface area contributed by atoms with E-state index in [2.05, 4.69) is 5.32 Å². The second-order valence-corrected chi connectivity index (χ2v) is 9.63. The molecule has 9 nitrogen and oxygen atoms in total. The minimum atomic E-state index is -0.797. The van der Waals surface area contributed by atoms with Gasteiger partial charge in [0.25, 0.3) is 17.5 Å². The summed E-state index contributed by atoms with van der Waals surface area (Å²) in [5.41, 5.74) is 1.49. The van der Waals surface area contributed by atoms with Crippen LogP contribution in [0.1, 0.15) is 36.7 Å². The SMILES string of the molecule is Cn1cc(C2=C(c3cn(C(=O)C(C)(C)C)c4cc([N+](=O)[O-])ccc34)C(=O)NC2=O)c2ccccc21. The van der Waals surface area contributed by atoms with Crippen LogP contribution in [0.15, 0.2) is 54.9 Å². The lowest BCUT2D eigenvalue weighted by atomic mass is 9.95. The summed E-state index contributed by atoms with van der Waals surface area (Å²) in [6, 6.07) is 11.7. The topological polar surface area (TPSA) is 116 Å². The third kappa shape index (κ3) is 3.35. The first kappa shape index (κ1) is 22.3. The number of nitrogens with zero attached hydrogens (tertiary/aromatic N) is 3. The Morgan fingerprint density at radius 2 is 1.51 bits per heavy atom. The summed E-state index contributed by atoms with van der Waals surface area (Å²) in [6.45, 7) is 5.22. The van der Waals surface area contributed by atoms with E-state index in [4.69, 9.17) is 0 Å². The molecule has 0 unspecified atom stereocenters. The fourth-order valence-corrected chi connectivity index (χ4v) is 4.57. The molecule has 3 heterocycles. The smallest absolute Gasteiger partial charge is 0.271 e. The number of imide groups is 1. The van der Waals surface area contributed by atoms with E-state index in [0.29, 0.717) is 22.0 Å². The maximum absolute atomic E-state index is 13.3. The molecule has 35 heavy (non-hydrogen) atoms. The van der Waals surface area contributed by atoms with Crippen LogP contribution in [0.25, 0.3) is 33.0 Å². The largest absolute Gasteiger partial charge is 0.350 e. The molecule has 0 atom stereocenters. The molecule has 1 N–H and O–H groups in total. The number of hydrogen-bond acceptors (Lipinski definition) is 5. The summed E-state index contributed by atoms with van der Waals surface area (Å²) >= 11 is 0. The van der Waals surface area contributed by atoms with Gasteiger partial charge in [0.05, 0.1) is 21.6 Å². The van der Waals surface area contributed by atoms with Gasteiger partial charge in [0, 0.05) is 64.4 Å². The number of para-hydroxylation sites is 1. The van der Waals surface area contributed by atoms with Crippen molar-refractivity contribution in [1.82, 2.24) is 14.5 Å². The quantitative estimate of drug-likeness (QED) is 0.272. The Morgan fingerprint density at radius 3 is 2.14 bits per heavy atom. The van der Waals surface area contributed by atoms with Crippen molar-refractivity contribution >= 4 is 56.4 Å². The van der Waals surface area contributed by atoms with E-state index in [1.54, 1.807) is 27.0 Å². The van der Waals surface area contributed by atoms with Crippen molar-refractivity contribution in [3.8, 4) is 0 Å². The van der Waals surface area contributed by atoms with E-state index in [-0.39, 0.29) is 22.7 Å². The first-order valence-corrected chi connectivity index (χ1v) is 11.0. The number of hydrogen-bond donors (Lipinski definition) is 1. The highest BCUT2D eigenvalue weighted by molar-refractivity contribution is 6.50. The van der Waals surface area contributed by atoms with E-state index >= 15 is 0 Å². The third-order valence-corrected chi connectivity index (χ3v) is 6.23. The van der Waals surface area contributed by atoms with Crippen LogP contribution in [-0.4, -0.2) is 31.8 Å². The van der Waals surface area contributed by atoms with Crippen molar-refractivity contribution in [3.05, 3.63) is 76.1 Å². The van der Waals surface area contributed by atoms with Gasteiger partial charge >= 0.3 is 0 Å². The summed E-state index contributed by atoms with van der Waals surface area (Å²) < 4.78 is 3.21. The van der Waals surface area contributed by atoms with Gasteiger partial charge in [-0.05, 0) is 12.1 Å². The van der Waals surface area contributed by atoms with Crippen LogP contribution in [0.4, 0.5) is 5.69 Å². The van der Waals surface area contributed by atoms with Gasteiger partial charge in [0.15, 0.2) is 0 Å². The molecule has 5 rings (SSSR count). The second kappa shape index (κ2) is 7.49. The number of nitrogens with one attached hydrogen (secondary N) is 1. The van der Waals surface area contributed by atoms with E-state index < -0.39 is 22.2 Å². The monoisotopic (exact) mass is 470 g/mol. The number of carbonyl (C=O) groups is 3. The molecule has 0 spiro atoms. The van der Waals surface area contributed by atoms with Crippen molar-refractivity contribution < 1.29 is 19.3 Å². The maximum atomic E-state index is 13.3. The van der Waals surface area contributed by atoms with E-state index in [0.717, 1.165) is 10.9 Å². The maximum Gasteiger partial charge on any atom is 0.271 e. The van der Waals surface area contributed by atoms with Crippen LogP contribution in [0.5, 0.6) is 0 Å². The zero-order valence-electron chi connectivity index (χ0n) is 19.6. The molecule has 1 aliphatic heterocycles. The predicted molar refractivity (Wildman–Crippen MR) is 132 cm³/mol. The van der Waals surface area contributed by atoms with Crippen molar-refractivity contribution in [2.75, 3.05) is 0 Å². The molecular formula is C26H22N4O5. The molecule has 0 fully saturated rings. The molecule has 1 aliphatic rings. The van der Waals surface area contributed by atoms with Crippen LogP contribution < -0.4 is 5.32 Å². The molecule has 2 aromatic heterocycles. The van der Waals surface area contributed by atoms with Crippen LogP contribution in [0.2, 0.25) is 0 Å². The molecule has 176 valence electrons.